The SMILES string of the molecule is CCCCCCOc1c(C)cc(-[s+]2c3ccccc3c3ccccc32)cc1C.O=C(CS(=O)(=O)[O-])OC1C2CC3C1OS(=O)(=O)C3C2. The Balaban J connectivity index is 0.000000177. The maximum Gasteiger partial charge on any atom is 0.320 e. The van der Waals surface area contributed by atoms with Gasteiger partial charge in [0.05, 0.1) is 11.9 Å². The molecule has 2 saturated carbocycles. The molecule has 7 rings (SSSR count). The lowest BCUT2D eigenvalue weighted by Crippen LogP contribution is -2.38. The topological polar surface area (TPSA) is 136 Å². The number of esters is 1. The van der Waals surface area contributed by atoms with E-state index in [0.717, 1.165) is 18.8 Å². The molecule has 0 spiro atoms. The molecule has 3 fully saturated rings. The lowest BCUT2D eigenvalue weighted by molar-refractivity contribution is -0.152. The highest BCUT2D eigenvalue weighted by Gasteiger charge is 2.65. The first kappa shape index (κ1) is 33.9. The molecule has 0 radical (unpaired) electrons. The van der Waals surface area contributed by atoms with Crippen molar-refractivity contribution in [2.75, 3.05) is 12.4 Å². The molecule has 0 N–H and O–H groups in total. The van der Waals surface area contributed by atoms with Crippen molar-refractivity contribution in [2.24, 2.45) is 11.8 Å². The van der Waals surface area contributed by atoms with E-state index in [1.807, 2.05) is 0 Å². The van der Waals surface area contributed by atoms with Gasteiger partial charge in [0.25, 0.3) is 10.1 Å². The molecule has 4 aromatic rings. The van der Waals surface area contributed by atoms with Crippen LogP contribution >= 0.6 is 10.5 Å². The van der Waals surface area contributed by atoms with Gasteiger partial charge < -0.3 is 14.0 Å². The van der Waals surface area contributed by atoms with Crippen LogP contribution in [0.25, 0.3) is 25.1 Å². The summed E-state index contributed by atoms with van der Waals surface area (Å²) in [4.78, 5) is 12.7. The molecule has 5 unspecified atom stereocenters. The van der Waals surface area contributed by atoms with Gasteiger partial charge in [0.1, 0.15) is 33.8 Å². The molecular weight excluding hydrogens is 661 g/mol. The van der Waals surface area contributed by atoms with E-state index in [1.54, 1.807) is 0 Å². The number of ether oxygens (including phenoxy) is 2. The van der Waals surface area contributed by atoms with Crippen LogP contribution in [-0.4, -0.2) is 57.2 Å². The second-order valence-corrected chi connectivity index (χ2v) is 17.9. The number of aryl methyl sites for hydroxylation is 2. The van der Waals surface area contributed by atoms with Gasteiger partial charge in [-0.3, -0.25) is 8.98 Å². The number of hydrogen-bond acceptors (Lipinski definition) is 9. The van der Waals surface area contributed by atoms with Gasteiger partial charge >= 0.3 is 5.97 Å². The Morgan fingerprint density at radius 3 is 2.17 bits per heavy atom. The summed E-state index contributed by atoms with van der Waals surface area (Å²) >= 11 is 0. The highest BCUT2D eigenvalue weighted by molar-refractivity contribution is 7.87. The van der Waals surface area contributed by atoms with Crippen molar-refractivity contribution >= 4 is 56.8 Å². The quantitative estimate of drug-likeness (QED) is 0.0570. The molecule has 9 nitrogen and oxygen atoms in total. The molecule has 2 bridgehead atoms. The third-order valence-corrected chi connectivity index (χ3v) is 14.1. The van der Waals surface area contributed by atoms with Crippen molar-refractivity contribution in [3.8, 4) is 10.6 Å². The van der Waals surface area contributed by atoms with Crippen molar-refractivity contribution in [3.63, 3.8) is 0 Å². The van der Waals surface area contributed by atoms with Crippen LogP contribution in [0.3, 0.4) is 0 Å². The summed E-state index contributed by atoms with van der Waals surface area (Å²) in [5.74, 6) is -1.67. The van der Waals surface area contributed by atoms with Gasteiger partial charge in [-0.1, -0.05) is 50.5 Å². The van der Waals surface area contributed by atoms with Crippen molar-refractivity contribution in [2.45, 2.75) is 76.8 Å². The summed E-state index contributed by atoms with van der Waals surface area (Å²) in [6.07, 6.45) is 4.38. The standard InChI is InChI=1S/C26H29OS.C9H12O8S2/c1-4-5-6-11-16-27-26-19(2)17-21(18-20(26)3)28-24-14-9-7-12-22(24)23-13-8-10-15-25(23)28;10-7(3-18(11,12)13)16-8-4-1-5-6(2-4)19(14,15)17-9(5)8/h7-10,12-15,17-18H,4-6,11,16H2,1-3H3;4-6,8-9H,1-3H2,(H,11,12,13)/q+1;/p-1. The molecule has 12 heteroatoms. The Bertz CT molecular complexity index is 1940. The second kappa shape index (κ2) is 13.5. The Labute approximate surface area is 279 Å². The number of rotatable bonds is 10. The predicted molar refractivity (Wildman–Crippen MR) is 183 cm³/mol. The van der Waals surface area contributed by atoms with E-state index >= 15 is 0 Å². The summed E-state index contributed by atoms with van der Waals surface area (Å²) in [5.41, 5.74) is 2.50. The fourth-order valence-electron chi connectivity index (χ4n) is 7.44. The Morgan fingerprint density at radius 1 is 0.957 bits per heavy atom. The van der Waals surface area contributed by atoms with Gasteiger partial charge in [-0.15, -0.1) is 0 Å². The van der Waals surface area contributed by atoms with E-state index < -0.39 is 49.4 Å². The van der Waals surface area contributed by atoms with E-state index in [9.17, 15) is 26.2 Å². The zero-order valence-electron chi connectivity index (χ0n) is 26.7. The van der Waals surface area contributed by atoms with Crippen LogP contribution < -0.4 is 4.74 Å². The first-order chi connectivity index (χ1) is 22.4. The van der Waals surface area contributed by atoms with Crippen LogP contribution in [0, 0.1) is 25.7 Å². The number of thiophene rings is 1. The number of carbonyl (C=O) groups excluding carboxylic acids is 1. The largest absolute Gasteiger partial charge is 0.748 e. The average molecular weight is 701 g/mol. The molecule has 0 amide bonds. The van der Waals surface area contributed by atoms with Crippen LogP contribution in [0.2, 0.25) is 0 Å². The smallest absolute Gasteiger partial charge is 0.320 e. The zero-order chi connectivity index (χ0) is 33.5. The van der Waals surface area contributed by atoms with E-state index in [4.69, 9.17) is 13.7 Å². The Kier molecular flexibility index (Phi) is 9.70. The summed E-state index contributed by atoms with van der Waals surface area (Å²) < 4.78 is 73.6. The monoisotopic (exact) mass is 700 g/mol. The third kappa shape index (κ3) is 6.94. The summed E-state index contributed by atoms with van der Waals surface area (Å²) in [6.45, 7) is 7.44. The van der Waals surface area contributed by atoms with Crippen molar-refractivity contribution < 1.29 is 39.8 Å². The number of hydrogen-bond donors (Lipinski definition) is 0. The maximum atomic E-state index is 11.6. The molecular formula is C35H40O9S3. The Hall–Kier alpha value is -3.03. The van der Waals surface area contributed by atoms with E-state index in [2.05, 4.69) is 81.4 Å². The molecule has 1 aliphatic heterocycles. The van der Waals surface area contributed by atoms with Gasteiger partial charge in [-0.2, -0.15) is 8.42 Å². The number of fused-ring (bicyclic) bond motifs is 4. The van der Waals surface area contributed by atoms with Gasteiger partial charge in [-0.25, -0.2) is 8.42 Å². The van der Waals surface area contributed by atoms with Gasteiger partial charge in [0.2, 0.25) is 0 Å². The first-order valence-corrected chi connectivity index (χ1v) is 20.4. The Morgan fingerprint density at radius 2 is 1.57 bits per heavy atom. The highest BCUT2D eigenvalue weighted by atomic mass is 32.2. The molecule has 2 heterocycles. The van der Waals surface area contributed by atoms with Gasteiger partial charge in [0.15, 0.2) is 14.3 Å². The molecule has 1 aromatic heterocycles. The molecule has 47 heavy (non-hydrogen) atoms. The minimum absolute atomic E-state index is 0.0350. The highest BCUT2D eigenvalue weighted by Crippen LogP contribution is 2.55. The number of carbonyl (C=O) groups is 1. The second-order valence-electron chi connectivity index (χ2n) is 12.7. The van der Waals surface area contributed by atoms with Crippen molar-refractivity contribution in [1.82, 2.24) is 0 Å². The average Bonchev–Trinajstić information content (AvgIpc) is 3.72. The van der Waals surface area contributed by atoms with E-state index in [1.165, 1.54) is 55.5 Å². The van der Waals surface area contributed by atoms with Crippen LogP contribution in [0.4, 0.5) is 0 Å². The number of unbranched alkanes of at least 4 members (excludes halogenated alkanes) is 3. The lowest BCUT2D eigenvalue weighted by atomic mass is 9.94. The van der Waals surface area contributed by atoms with Gasteiger partial charge in [-0.05, 0) is 68.5 Å². The lowest BCUT2D eigenvalue weighted by Gasteiger charge is -2.25. The van der Waals surface area contributed by atoms with Gasteiger partial charge in [0, 0.05) is 45.2 Å². The normalized spacial score (nSPS) is 24.0. The first-order valence-electron chi connectivity index (χ1n) is 16.1. The molecule has 1 saturated heterocycles. The predicted octanol–water partition coefficient (Wildman–Crippen LogP) is 6.89. The molecule has 3 aromatic carbocycles. The van der Waals surface area contributed by atoms with Crippen molar-refractivity contribution in [3.05, 3.63) is 71.8 Å². The maximum absolute atomic E-state index is 11.6. The van der Waals surface area contributed by atoms with Crippen molar-refractivity contribution in [1.29, 1.82) is 0 Å². The number of benzene rings is 3. The molecule has 3 aliphatic rings. The minimum Gasteiger partial charge on any atom is -0.748 e. The van der Waals surface area contributed by atoms with Crippen LogP contribution in [0.1, 0.15) is 56.6 Å². The van der Waals surface area contributed by atoms with Crippen LogP contribution in [0.5, 0.6) is 5.75 Å². The fourth-order valence-corrected chi connectivity index (χ4v) is 12.2. The third-order valence-electron chi connectivity index (χ3n) is 9.39. The molecule has 252 valence electrons. The summed E-state index contributed by atoms with van der Waals surface area (Å²) in [7, 11) is -8.34. The minimum atomic E-state index is -4.70. The zero-order valence-corrected chi connectivity index (χ0v) is 29.2. The van der Waals surface area contributed by atoms with E-state index in [0.29, 0.717) is 12.8 Å². The summed E-state index contributed by atoms with van der Waals surface area (Å²) in [5, 5.41) is 2.22. The van der Waals surface area contributed by atoms with E-state index in [-0.39, 0.29) is 22.3 Å². The summed E-state index contributed by atoms with van der Waals surface area (Å²) in [6, 6.07) is 22.4. The van der Waals surface area contributed by atoms with Crippen LogP contribution in [0.15, 0.2) is 60.7 Å². The molecule has 5 atom stereocenters. The van der Waals surface area contributed by atoms with Crippen LogP contribution in [-0.2, 0) is 34.0 Å². The fraction of sp³-hybridized carbons (Fsp3) is 0.457. The molecule has 2 aliphatic carbocycles.